The molecule has 0 spiro atoms. The number of benzene rings is 1. The van der Waals surface area contributed by atoms with Crippen molar-refractivity contribution < 1.29 is 9.31 Å². The molecule has 5 nitrogen and oxygen atoms in total. The third-order valence-electron chi connectivity index (χ3n) is 2.52. The van der Waals surface area contributed by atoms with E-state index in [-0.39, 0.29) is 11.7 Å². The molecule has 1 aromatic carbocycles. The molecule has 0 aliphatic heterocycles. The zero-order valence-electron chi connectivity index (χ0n) is 10.8. The number of nitrogens with zero attached hydrogens (tertiary/aromatic N) is 2. The molecule has 0 aromatic heterocycles. The van der Waals surface area contributed by atoms with E-state index in [9.17, 15) is 14.5 Å². The van der Waals surface area contributed by atoms with Crippen LogP contribution in [-0.2, 0) is 0 Å². The smallest absolute Gasteiger partial charge is 0.274 e. The number of nitro groups is 1. The van der Waals surface area contributed by atoms with Crippen molar-refractivity contribution in [3.8, 4) is 0 Å². The molecule has 0 saturated carbocycles. The lowest BCUT2D eigenvalue weighted by atomic mass is 10.2. The summed E-state index contributed by atoms with van der Waals surface area (Å²) in [6.07, 6.45) is 0.872. The Balaban J connectivity index is 2.69. The molecule has 0 aliphatic carbocycles. The Morgan fingerprint density at radius 2 is 2.11 bits per heavy atom. The minimum Gasteiger partial charge on any atom is -0.382 e. The Hall–Kier alpha value is -1.69. The molecule has 0 saturated heterocycles. The Morgan fingerprint density at radius 1 is 1.44 bits per heavy atom. The summed E-state index contributed by atoms with van der Waals surface area (Å²) in [7, 11) is 3.94. The van der Waals surface area contributed by atoms with Crippen LogP contribution < -0.4 is 5.32 Å². The second-order valence-electron chi connectivity index (χ2n) is 4.59. The van der Waals surface area contributed by atoms with Crippen molar-refractivity contribution in [3.05, 3.63) is 34.1 Å². The maximum Gasteiger partial charge on any atom is 0.274 e. The molecule has 1 N–H and O–H groups in total. The summed E-state index contributed by atoms with van der Waals surface area (Å²) >= 11 is 0. The molecular weight excluding hydrogens is 237 g/mol. The molecule has 6 heteroatoms. The predicted octanol–water partition coefficient (Wildman–Crippen LogP) is 2.49. The number of halogens is 1. The highest BCUT2D eigenvalue weighted by Gasteiger charge is 2.11. The standard InChI is InChI=1S/C12H18FN3O2/c1-9(4-5-15(2)3)14-11-6-10(13)7-12(8-11)16(17)18/h6-9,14H,4-5H2,1-3H3. The van der Waals surface area contributed by atoms with E-state index in [1.165, 1.54) is 12.1 Å². The molecule has 0 fully saturated rings. The van der Waals surface area contributed by atoms with Gasteiger partial charge >= 0.3 is 0 Å². The lowest BCUT2D eigenvalue weighted by Crippen LogP contribution is -2.23. The summed E-state index contributed by atoms with van der Waals surface area (Å²) in [4.78, 5) is 12.1. The summed E-state index contributed by atoms with van der Waals surface area (Å²) < 4.78 is 13.2. The topological polar surface area (TPSA) is 58.4 Å². The first kappa shape index (κ1) is 14.4. The number of nitrogens with one attached hydrogen (secondary N) is 1. The number of hydrogen-bond acceptors (Lipinski definition) is 4. The first-order chi connectivity index (χ1) is 8.38. The summed E-state index contributed by atoms with van der Waals surface area (Å²) in [6.45, 7) is 2.85. The molecule has 1 aromatic rings. The van der Waals surface area contributed by atoms with E-state index in [4.69, 9.17) is 0 Å². The quantitative estimate of drug-likeness (QED) is 0.626. The van der Waals surface area contributed by atoms with E-state index in [1.54, 1.807) is 0 Å². The number of non-ortho nitro benzene ring substituents is 1. The predicted molar refractivity (Wildman–Crippen MR) is 69.3 cm³/mol. The van der Waals surface area contributed by atoms with E-state index in [0.29, 0.717) is 5.69 Å². The van der Waals surface area contributed by atoms with Crippen LogP contribution in [0, 0.1) is 15.9 Å². The normalized spacial score (nSPS) is 12.5. The van der Waals surface area contributed by atoms with Crippen LogP contribution in [0.1, 0.15) is 13.3 Å². The zero-order valence-corrected chi connectivity index (χ0v) is 10.8. The van der Waals surface area contributed by atoms with Gasteiger partial charge in [-0.3, -0.25) is 10.1 Å². The Kier molecular flexibility index (Phi) is 5.03. The Bertz CT molecular complexity index is 424. The van der Waals surface area contributed by atoms with Gasteiger partial charge in [0.05, 0.1) is 11.0 Å². The minimum atomic E-state index is -0.605. The van der Waals surface area contributed by atoms with E-state index >= 15 is 0 Å². The van der Waals surface area contributed by atoms with Crippen LogP contribution in [0.4, 0.5) is 15.8 Å². The molecule has 100 valence electrons. The third-order valence-corrected chi connectivity index (χ3v) is 2.52. The van der Waals surface area contributed by atoms with Crippen molar-refractivity contribution in [2.45, 2.75) is 19.4 Å². The minimum absolute atomic E-state index is 0.119. The monoisotopic (exact) mass is 255 g/mol. The number of hydrogen-bond donors (Lipinski definition) is 1. The SMILES string of the molecule is CC(CCN(C)C)Nc1cc(F)cc([N+](=O)[O-])c1. The van der Waals surface area contributed by atoms with Crippen molar-refractivity contribution in [1.29, 1.82) is 0 Å². The lowest BCUT2D eigenvalue weighted by Gasteiger charge is -2.17. The zero-order chi connectivity index (χ0) is 13.7. The first-order valence-electron chi connectivity index (χ1n) is 5.74. The first-order valence-corrected chi connectivity index (χ1v) is 5.74. The number of anilines is 1. The fraction of sp³-hybridized carbons (Fsp3) is 0.500. The van der Waals surface area contributed by atoms with Gasteiger partial charge in [0.25, 0.3) is 5.69 Å². The Labute approximate surface area is 106 Å². The molecule has 0 heterocycles. The van der Waals surface area contributed by atoms with Crippen LogP contribution >= 0.6 is 0 Å². The number of rotatable bonds is 6. The van der Waals surface area contributed by atoms with E-state index in [2.05, 4.69) is 5.32 Å². The average molecular weight is 255 g/mol. The Morgan fingerprint density at radius 3 is 2.67 bits per heavy atom. The summed E-state index contributed by atoms with van der Waals surface area (Å²) in [6, 6.07) is 3.64. The third kappa shape index (κ3) is 4.67. The fourth-order valence-corrected chi connectivity index (χ4v) is 1.57. The lowest BCUT2D eigenvalue weighted by molar-refractivity contribution is -0.385. The van der Waals surface area contributed by atoms with Crippen molar-refractivity contribution in [2.75, 3.05) is 26.0 Å². The summed E-state index contributed by atoms with van der Waals surface area (Å²) in [5, 5.41) is 13.7. The van der Waals surface area contributed by atoms with Gasteiger partial charge in [0.15, 0.2) is 0 Å². The van der Waals surface area contributed by atoms with Gasteiger partial charge in [0, 0.05) is 17.8 Å². The van der Waals surface area contributed by atoms with E-state index < -0.39 is 10.7 Å². The molecule has 0 radical (unpaired) electrons. The fourth-order valence-electron chi connectivity index (χ4n) is 1.57. The highest BCUT2D eigenvalue weighted by Crippen LogP contribution is 2.20. The average Bonchev–Trinajstić information content (AvgIpc) is 2.25. The second kappa shape index (κ2) is 6.30. The largest absolute Gasteiger partial charge is 0.382 e. The van der Waals surface area contributed by atoms with Crippen LogP contribution in [-0.4, -0.2) is 36.5 Å². The molecule has 18 heavy (non-hydrogen) atoms. The molecule has 1 unspecified atom stereocenters. The highest BCUT2D eigenvalue weighted by molar-refractivity contribution is 5.52. The highest BCUT2D eigenvalue weighted by atomic mass is 19.1. The van der Waals surface area contributed by atoms with Gasteiger partial charge in [-0.25, -0.2) is 4.39 Å². The van der Waals surface area contributed by atoms with Crippen LogP contribution in [0.2, 0.25) is 0 Å². The van der Waals surface area contributed by atoms with Gasteiger partial charge in [-0.1, -0.05) is 0 Å². The van der Waals surface area contributed by atoms with Crippen molar-refractivity contribution in [1.82, 2.24) is 4.90 Å². The van der Waals surface area contributed by atoms with Crippen molar-refractivity contribution in [2.24, 2.45) is 0 Å². The van der Waals surface area contributed by atoms with Crippen molar-refractivity contribution >= 4 is 11.4 Å². The number of nitro benzene ring substituents is 1. The van der Waals surface area contributed by atoms with Gasteiger partial charge in [0.1, 0.15) is 5.82 Å². The van der Waals surface area contributed by atoms with Gasteiger partial charge < -0.3 is 10.2 Å². The van der Waals surface area contributed by atoms with Crippen LogP contribution in [0.15, 0.2) is 18.2 Å². The van der Waals surface area contributed by atoms with E-state index in [0.717, 1.165) is 19.0 Å². The van der Waals surface area contributed by atoms with Gasteiger partial charge in [-0.2, -0.15) is 0 Å². The van der Waals surface area contributed by atoms with Gasteiger partial charge in [0.2, 0.25) is 0 Å². The van der Waals surface area contributed by atoms with Crippen LogP contribution in [0.3, 0.4) is 0 Å². The molecule has 1 atom stereocenters. The van der Waals surface area contributed by atoms with Crippen LogP contribution in [0.25, 0.3) is 0 Å². The van der Waals surface area contributed by atoms with Gasteiger partial charge in [-0.05, 0) is 40.1 Å². The summed E-state index contributed by atoms with van der Waals surface area (Å²) in [5.41, 5.74) is 0.199. The van der Waals surface area contributed by atoms with Crippen molar-refractivity contribution in [3.63, 3.8) is 0 Å². The van der Waals surface area contributed by atoms with E-state index in [1.807, 2.05) is 25.9 Å². The van der Waals surface area contributed by atoms with Crippen LogP contribution in [0.5, 0.6) is 0 Å². The maximum absolute atomic E-state index is 13.2. The molecule has 0 aliphatic rings. The molecule has 0 bridgehead atoms. The second-order valence-corrected chi connectivity index (χ2v) is 4.59. The van der Waals surface area contributed by atoms with Gasteiger partial charge in [-0.15, -0.1) is 0 Å². The molecule has 1 rings (SSSR count). The summed E-state index contributed by atoms with van der Waals surface area (Å²) in [5.74, 6) is -0.605. The molecule has 0 amide bonds. The molecular formula is C12H18FN3O2. The maximum atomic E-state index is 13.2.